The maximum atomic E-state index is 12.9. The smallest absolute Gasteiger partial charge is 0.271 e. The number of aromatic nitrogens is 2. The molecule has 2 aromatic heterocycles. The number of hydrogen-bond acceptors (Lipinski definition) is 5. The number of fused-ring (bicyclic) bond motifs is 2. The normalized spacial score (nSPS) is 25.2. The molecule has 3 heterocycles. The molecule has 1 amide bonds. The van der Waals surface area contributed by atoms with E-state index in [9.17, 15) is 9.59 Å². The van der Waals surface area contributed by atoms with Crippen LogP contribution in [0.1, 0.15) is 36.0 Å². The van der Waals surface area contributed by atoms with Gasteiger partial charge in [0.15, 0.2) is 4.96 Å². The van der Waals surface area contributed by atoms with Crippen molar-refractivity contribution in [3.8, 4) is 0 Å². The lowest BCUT2D eigenvalue weighted by atomic mass is 9.90. The van der Waals surface area contributed by atoms with Crippen LogP contribution in [-0.4, -0.2) is 45.5 Å². The summed E-state index contributed by atoms with van der Waals surface area (Å²) in [5.74, 6) is -0.210. The predicted molar refractivity (Wildman–Crippen MR) is 82.4 cm³/mol. The molecular formula is C15H17N3O3S. The van der Waals surface area contributed by atoms with E-state index in [2.05, 4.69) is 4.98 Å². The second kappa shape index (κ2) is 5.48. The van der Waals surface area contributed by atoms with Crippen molar-refractivity contribution in [2.45, 2.75) is 37.8 Å². The maximum absolute atomic E-state index is 12.9. The maximum Gasteiger partial charge on any atom is 0.271 e. The Bertz CT molecular complexity index is 767. The monoisotopic (exact) mass is 319 g/mol. The van der Waals surface area contributed by atoms with Gasteiger partial charge in [-0.2, -0.15) is 0 Å². The number of carbonyl (C=O) groups is 1. The van der Waals surface area contributed by atoms with Gasteiger partial charge in [0.25, 0.3) is 11.5 Å². The minimum absolute atomic E-state index is 0.0950. The summed E-state index contributed by atoms with van der Waals surface area (Å²) in [6.45, 7) is 1.09. The molecule has 1 aliphatic carbocycles. The third kappa shape index (κ3) is 2.16. The topological polar surface area (TPSA) is 63.9 Å². The summed E-state index contributed by atoms with van der Waals surface area (Å²) in [7, 11) is 0. The second-order valence-corrected chi connectivity index (χ2v) is 6.67. The standard InChI is InChI=1S/C15H17N3O3S/c19-13(10-9-16-15-18(14(10)20)6-8-22-15)17-5-7-21-12-4-2-1-3-11(12)17/h6,8-9,11-12H,1-5,7H2/t11-,12+/m0/s1. The fraction of sp³-hybridized carbons (Fsp3) is 0.533. The number of carbonyl (C=O) groups excluding carboxylic acids is 1. The number of amides is 1. The number of hydrogen-bond donors (Lipinski definition) is 0. The molecule has 6 nitrogen and oxygen atoms in total. The zero-order chi connectivity index (χ0) is 15.1. The minimum Gasteiger partial charge on any atom is -0.374 e. The van der Waals surface area contributed by atoms with Crippen LogP contribution in [0.3, 0.4) is 0 Å². The number of ether oxygens (including phenoxy) is 1. The first kappa shape index (κ1) is 13.9. The first-order chi connectivity index (χ1) is 10.8. The van der Waals surface area contributed by atoms with Gasteiger partial charge in [-0.1, -0.05) is 12.8 Å². The van der Waals surface area contributed by atoms with Crippen molar-refractivity contribution in [1.29, 1.82) is 0 Å². The van der Waals surface area contributed by atoms with E-state index in [-0.39, 0.29) is 29.2 Å². The highest BCUT2D eigenvalue weighted by atomic mass is 32.1. The molecule has 0 N–H and O–H groups in total. The van der Waals surface area contributed by atoms with Crippen LogP contribution in [0.4, 0.5) is 0 Å². The van der Waals surface area contributed by atoms with Crippen molar-refractivity contribution < 1.29 is 9.53 Å². The summed E-state index contributed by atoms with van der Waals surface area (Å²) in [5, 5.41) is 1.80. The summed E-state index contributed by atoms with van der Waals surface area (Å²) < 4.78 is 7.24. The highest BCUT2D eigenvalue weighted by molar-refractivity contribution is 7.15. The van der Waals surface area contributed by atoms with Gasteiger partial charge in [0.1, 0.15) is 5.56 Å². The molecule has 0 spiro atoms. The zero-order valence-electron chi connectivity index (χ0n) is 12.1. The SMILES string of the molecule is O=C(c1cnc2sccn2c1=O)N1CCO[C@@H]2CCCC[C@@H]21. The van der Waals surface area contributed by atoms with Crippen molar-refractivity contribution >= 4 is 22.2 Å². The average Bonchev–Trinajstić information content (AvgIpc) is 3.04. The first-order valence-corrected chi connectivity index (χ1v) is 8.51. The van der Waals surface area contributed by atoms with Gasteiger partial charge in [-0.15, -0.1) is 11.3 Å². The first-order valence-electron chi connectivity index (χ1n) is 7.63. The third-order valence-electron chi connectivity index (χ3n) is 4.57. The van der Waals surface area contributed by atoms with E-state index in [1.807, 2.05) is 4.90 Å². The molecule has 116 valence electrons. The van der Waals surface area contributed by atoms with E-state index >= 15 is 0 Å². The Balaban J connectivity index is 1.70. The molecule has 2 aromatic rings. The lowest BCUT2D eigenvalue weighted by Gasteiger charge is -2.43. The van der Waals surface area contributed by atoms with Crippen molar-refractivity contribution in [3.05, 3.63) is 33.7 Å². The van der Waals surface area contributed by atoms with Gasteiger partial charge >= 0.3 is 0 Å². The number of thiazole rings is 1. The minimum atomic E-state index is -0.282. The molecule has 2 aliphatic rings. The van der Waals surface area contributed by atoms with Gasteiger partial charge in [0.05, 0.1) is 18.8 Å². The summed E-state index contributed by atoms with van der Waals surface area (Å²) in [6.07, 6.45) is 7.40. The van der Waals surface area contributed by atoms with Crippen molar-refractivity contribution in [2.24, 2.45) is 0 Å². The molecule has 0 aromatic carbocycles. The Kier molecular flexibility index (Phi) is 3.46. The van der Waals surface area contributed by atoms with Crippen LogP contribution in [0, 0.1) is 0 Å². The Labute approximate surface area is 131 Å². The average molecular weight is 319 g/mol. The molecule has 1 saturated heterocycles. The van der Waals surface area contributed by atoms with E-state index in [0.29, 0.717) is 18.1 Å². The molecule has 1 saturated carbocycles. The molecule has 7 heteroatoms. The molecule has 4 rings (SSSR count). The van der Waals surface area contributed by atoms with Crippen LogP contribution in [0.2, 0.25) is 0 Å². The van der Waals surface area contributed by atoms with Gasteiger partial charge in [-0.3, -0.25) is 14.0 Å². The zero-order valence-corrected chi connectivity index (χ0v) is 12.9. The highest BCUT2D eigenvalue weighted by Gasteiger charge is 2.37. The molecule has 2 atom stereocenters. The van der Waals surface area contributed by atoms with Gasteiger partial charge in [0, 0.05) is 24.3 Å². The highest BCUT2D eigenvalue weighted by Crippen LogP contribution is 2.29. The third-order valence-corrected chi connectivity index (χ3v) is 5.34. The lowest BCUT2D eigenvalue weighted by molar-refractivity contribution is -0.0753. The van der Waals surface area contributed by atoms with Crippen molar-refractivity contribution in [1.82, 2.24) is 14.3 Å². The summed E-state index contributed by atoms with van der Waals surface area (Å²) in [6, 6.07) is 0.0950. The van der Waals surface area contributed by atoms with E-state index in [1.165, 1.54) is 21.9 Å². The molecule has 2 fully saturated rings. The van der Waals surface area contributed by atoms with Gasteiger partial charge < -0.3 is 9.64 Å². The second-order valence-electron chi connectivity index (χ2n) is 5.79. The van der Waals surface area contributed by atoms with Crippen LogP contribution in [0.25, 0.3) is 4.96 Å². The molecule has 22 heavy (non-hydrogen) atoms. The molecule has 0 bridgehead atoms. The summed E-state index contributed by atoms with van der Waals surface area (Å²) in [4.78, 5) is 32.0. The van der Waals surface area contributed by atoms with E-state index in [4.69, 9.17) is 4.74 Å². The van der Waals surface area contributed by atoms with Crippen molar-refractivity contribution in [2.75, 3.05) is 13.2 Å². The van der Waals surface area contributed by atoms with E-state index in [1.54, 1.807) is 11.6 Å². The van der Waals surface area contributed by atoms with Crippen molar-refractivity contribution in [3.63, 3.8) is 0 Å². The summed E-state index contributed by atoms with van der Waals surface area (Å²) in [5.41, 5.74) is -0.128. The fourth-order valence-electron chi connectivity index (χ4n) is 3.47. The van der Waals surface area contributed by atoms with E-state index in [0.717, 1.165) is 25.7 Å². The Morgan fingerprint density at radius 1 is 1.36 bits per heavy atom. The Morgan fingerprint density at radius 2 is 2.23 bits per heavy atom. The van der Waals surface area contributed by atoms with Crippen LogP contribution >= 0.6 is 11.3 Å². The van der Waals surface area contributed by atoms with Crippen LogP contribution in [-0.2, 0) is 4.74 Å². The lowest BCUT2D eigenvalue weighted by Crippen LogP contribution is -2.55. The quantitative estimate of drug-likeness (QED) is 0.800. The molecule has 0 unspecified atom stereocenters. The molecular weight excluding hydrogens is 302 g/mol. The fourth-order valence-corrected chi connectivity index (χ4v) is 4.15. The van der Waals surface area contributed by atoms with Crippen LogP contribution in [0.5, 0.6) is 0 Å². The number of rotatable bonds is 1. The van der Waals surface area contributed by atoms with E-state index < -0.39 is 0 Å². The van der Waals surface area contributed by atoms with Gasteiger partial charge in [-0.05, 0) is 12.8 Å². The Morgan fingerprint density at radius 3 is 3.14 bits per heavy atom. The van der Waals surface area contributed by atoms with Gasteiger partial charge in [0.2, 0.25) is 0 Å². The van der Waals surface area contributed by atoms with Crippen LogP contribution < -0.4 is 5.56 Å². The number of nitrogens with zero attached hydrogens (tertiary/aromatic N) is 3. The predicted octanol–water partition coefficient (Wildman–Crippen LogP) is 1.54. The summed E-state index contributed by atoms with van der Waals surface area (Å²) >= 11 is 1.38. The number of morpholine rings is 1. The van der Waals surface area contributed by atoms with Gasteiger partial charge in [-0.25, -0.2) is 4.98 Å². The molecule has 0 radical (unpaired) electrons. The van der Waals surface area contributed by atoms with Crippen LogP contribution in [0.15, 0.2) is 22.6 Å². The largest absolute Gasteiger partial charge is 0.374 e. The molecule has 1 aliphatic heterocycles. The Hall–Kier alpha value is -1.73.